The van der Waals surface area contributed by atoms with E-state index < -0.39 is 5.97 Å². The molecule has 0 fully saturated rings. The third kappa shape index (κ3) is 3.86. The molecule has 8 heteroatoms. The van der Waals surface area contributed by atoms with Gasteiger partial charge in [-0.1, -0.05) is 24.3 Å². The maximum Gasteiger partial charge on any atom is 0.552 e. The predicted molar refractivity (Wildman–Crippen MR) is 111 cm³/mol. The highest BCUT2D eigenvalue weighted by Crippen LogP contribution is 2.16. The molecule has 2 aromatic heterocycles. The number of benzene rings is 2. The highest BCUT2D eigenvalue weighted by molar-refractivity contribution is 5.87. The molecule has 4 N–H and O–H groups in total. The van der Waals surface area contributed by atoms with Crippen LogP contribution in [0.3, 0.4) is 0 Å². The summed E-state index contributed by atoms with van der Waals surface area (Å²) in [5.74, 6) is -0.656. The molecule has 29 heavy (non-hydrogen) atoms. The molecular weight excluding hydrogens is 370 g/mol. The number of hydrogen-bond donors (Lipinski definition) is 2. The first-order valence-corrected chi connectivity index (χ1v) is 9.15. The van der Waals surface area contributed by atoms with Gasteiger partial charge in [-0.05, 0) is 42.7 Å². The Morgan fingerprint density at radius 1 is 1.24 bits per heavy atom. The molecule has 0 bridgehead atoms. The molecule has 8 nitrogen and oxygen atoms in total. The summed E-state index contributed by atoms with van der Waals surface area (Å²) < 4.78 is 1.27. The number of hydrogen-bond acceptors (Lipinski definition) is 5. The molecule has 2 heterocycles. The van der Waals surface area contributed by atoms with Gasteiger partial charge >= 0.3 is 5.97 Å². The van der Waals surface area contributed by atoms with Crippen molar-refractivity contribution in [3.05, 3.63) is 81.9 Å². The first-order valence-electron chi connectivity index (χ1n) is 9.15. The van der Waals surface area contributed by atoms with Crippen LogP contribution in [0.4, 0.5) is 5.69 Å². The maximum absolute atomic E-state index is 12.5. The summed E-state index contributed by atoms with van der Waals surface area (Å²) >= 11 is 0. The Balaban J connectivity index is 1.55. The third-order valence-corrected chi connectivity index (χ3v) is 4.74. The molecule has 0 aliphatic carbocycles. The van der Waals surface area contributed by atoms with Crippen LogP contribution < -0.4 is 10.9 Å². The van der Waals surface area contributed by atoms with Crippen molar-refractivity contribution in [2.45, 2.75) is 13.3 Å². The van der Waals surface area contributed by atoms with E-state index >= 15 is 0 Å². The van der Waals surface area contributed by atoms with Gasteiger partial charge in [0.2, 0.25) is 5.95 Å². The minimum absolute atomic E-state index is 0.126. The Morgan fingerprint density at radius 2 is 2.07 bits per heavy atom. The van der Waals surface area contributed by atoms with Crippen molar-refractivity contribution in [2.75, 3.05) is 11.9 Å². The van der Waals surface area contributed by atoms with Crippen molar-refractivity contribution in [3.8, 4) is 5.95 Å². The number of aryl methyl sites for hydroxylation is 1. The molecule has 0 atom stereocenters. The zero-order chi connectivity index (χ0) is 20.4. The minimum atomic E-state index is -0.846. The van der Waals surface area contributed by atoms with Crippen molar-refractivity contribution in [2.24, 2.45) is 0 Å². The van der Waals surface area contributed by atoms with E-state index in [9.17, 15) is 9.59 Å². The molecule has 0 saturated heterocycles. The number of fused-ring (bicyclic) bond motifs is 1. The van der Waals surface area contributed by atoms with Gasteiger partial charge in [0, 0.05) is 17.0 Å². The van der Waals surface area contributed by atoms with Gasteiger partial charge < -0.3 is 10.4 Å². The fraction of sp³-hybridized carbons (Fsp3) is 0.143. The smallest absolute Gasteiger partial charge is 0.552 e. The van der Waals surface area contributed by atoms with Crippen LogP contribution in [0.2, 0.25) is 0 Å². The Hall–Kier alpha value is -3.94. The number of carbonyl (C=O) groups is 1. The normalized spacial score (nSPS) is 10.9. The molecule has 4 rings (SSSR count). The number of aromatic nitrogens is 4. The Labute approximate surface area is 165 Å². The quantitative estimate of drug-likeness (QED) is 0.488. The van der Waals surface area contributed by atoms with E-state index in [0.29, 0.717) is 10.9 Å². The van der Waals surface area contributed by atoms with E-state index in [0.717, 1.165) is 18.7 Å². The van der Waals surface area contributed by atoms with Gasteiger partial charge in [-0.3, -0.25) is 9.78 Å². The Morgan fingerprint density at radius 3 is 2.83 bits per heavy atom. The van der Waals surface area contributed by atoms with E-state index in [1.807, 2.05) is 18.2 Å². The van der Waals surface area contributed by atoms with Gasteiger partial charge in [-0.2, -0.15) is 5.10 Å². The maximum atomic E-state index is 12.5. The average Bonchev–Trinajstić information content (AvgIpc) is 3.20. The molecule has 0 radical (unpaired) electrons. The summed E-state index contributed by atoms with van der Waals surface area (Å²) in [5.41, 5.74) is 3.72. The zero-order valence-corrected chi connectivity index (χ0v) is 15.8. The van der Waals surface area contributed by atoms with Crippen LogP contribution in [0.5, 0.6) is 0 Å². The second kappa shape index (κ2) is 7.59. The van der Waals surface area contributed by atoms with Crippen LogP contribution in [0.25, 0.3) is 16.9 Å². The molecule has 4 aromatic rings. The molecule has 0 aliphatic rings. The average molecular weight is 390 g/mol. The first kappa shape index (κ1) is 18.4. The first-order chi connectivity index (χ1) is 14.0. The number of H-pyrrole nitrogens is 1. The molecule has 146 valence electrons. The van der Waals surface area contributed by atoms with Gasteiger partial charge in [-0.25, -0.2) is 9.67 Å². The molecule has 0 aliphatic heterocycles. The molecular formula is C21H20N5O3+. The van der Waals surface area contributed by atoms with Gasteiger partial charge in [-0.15, -0.1) is 0 Å². The molecule has 0 amide bonds. The number of anilines is 1. The van der Waals surface area contributed by atoms with Gasteiger partial charge in [0.1, 0.15) is 0 Å². The van der Waals surface area contributed by atoms with Crippen molar-refractivity contribution in [3.63, 3.8) is 0 Å². The molecule has 2 aromatic carbocycles. The summed E-state index contributed by atoms with van der Waals surface area (Å²) in [7, 11) is 0. The van der Waals surface area contributed by atoms with Gasteiger partial charge in [0.15, 0.2) is 5.56 Å². The van der Waals surface area contributed by atoms with Crippen molar-refractivity contribution in [1.29, 1.82) is 0 Å². The minimum Gasteiger partial charge on any atom is -0.561 e. The summed E-state index contributed by atoms with van der Waals surface area (Å²) in [4.78, 5) is 30.7. The van der Waals surface area contributed by atoms with E-state index in [1.165, 1.54) is 28.2 Å². The Kier molecular flexibility index (Phi) is 4.82. The number of nitrogens with zero attached hydrogens (tertiary/aromatic N) is 3. The predicted octanol–water partition coefficient (Wildman–Crippen LogP) is 1.94. The van der Waals surface area contributed by atoms with E-state index in [4.69, 9.17) is 5.11 Å². The van der Waals surface area contributed by atoms with Crippen LogP contribution in [-0.2, 0) is 6.42 Å². The largest absolute Gasteiger partial charge is 0.561 e. The topological polar surface area (TPSA) is 116 Å². The fourth-order valence-electron chi connectivity index (χ4n) is 3.13. The van der Waals surface area contributed by atoms with Crippen LogP contribution in [0, 0.1) is 6.92 Å². The van der Waals surface area contributed by atoms with Crippen LogP contribution in [-0.4, -0.2) is 37.4 Å². The molecule has 0 spiro atoms. The highest BCUT2D eigenvalue weighted by Gasteiger charge is 2.15. The number of rotatable bonds is 6. The second-order valence-electron chi connectivity index (χ2n) is 6.73. The lowest BCUT2D eigenvalue weighted by Gasteiger charge is -2.09. The van der Waals surface area contributed by atoms with Crippen LogP contribution >= 0.6 is 0 Å². The molecule has 0 unspecified atom stereocenters. The van der Waals surface area contributed by atoms with Gasteiger partial charge in [0.05, 0.1) is 23.3 Å². The number of aromatic amines is 1. The SMILES string of the molecule is Cc1ccccc1CCNc1ccc2nc(-n3cc(C(=O)[OH2+])cn3)[nH]c(=O)c2c1. The van der Waals surface area contributed by atoms with E-state index in [-0.39, 0.29) is 17.1 Å². The van der Waals surface area contributed by atoms with Gasteiger partial charge in [0.25, 0.3) is 5.56 Å². The van der Waals surface area contributed by atoms with Crippen LogP contribution in [0.15, 0.2) is 59.7 Å². The number of carbonyl (C=O) groups excluding carboxylic acids is 1. The summed E-state index contributed by atoms with van der Waals surface area (Å²) in [6, 6.07) is 13.7. The van der Waals surface area contributed by atoms with Crippen molar-refractivity contribution in [1.82, 2.24) is 19.7 Å². The van der Waals surface area contributed by atoms with Crippen LogP contribution in [0.1, 0.15) is 21.5 Å². The summed E-state index contributed by atoms with van der Waals surface area (Å²) in [5, 5.41) is 14.9. The highest BCUT2D eigenvalue weighted by atomic mass is 16.4. The van der Waals surface area contributed by atoms with Crippen molar-refractivity contribution >= 4 is 22.6 Å². The van der Waals surface area contributed by atoms with E-state index in [2.05, 4.69) is 39.4 Å². The molecule has 0 saturated carbocycles. The lowest BCUT2D eigenvalue weighted by Crippen LogP contribution is -2.14. The fourth-order valence-corrected chi connectivity index (χ4v) is 3.13. The standard InChI is InChI=1S/C21H19N5O3/c1-13-4-2-3-5-14(13)8-9-22-16-6-7-18-17(10-16)19(27)25-21(24-18)26-12-15(11-23-26)20(28)29/h2-7,10-12,22H,8-9H2,1H3,(H,28,29)(H,24,25,27)/p+1. The van der Waals surface area contributed by atoms with E-state index in [1.54, 1.807) is 12.1 Å². The lowest BCUT2D eigenvalue weighted by atomic mass is 10.1. The third-order valence-electron chi connectivity index (χ3n) is 4.74. The Bertz CT molecular complexity index is 1260. The van der Waals surface area contributed by atoms with Crippen molar-refractivity contribution < 1.29 is 9.90 Å². The summed E-state index contributed by atoms with van der Waals surface area (Å²) in [6.45, 7) is 2.84. The second-order valence-corrected chi connectivity index (χ2v) is 6.73. The zero-order valence-electron chi connectivity index (χ0n) is 15.8. The monoisotopic (exact) mass is 390 g/mol. The number of nitrogens with one attached hydrogen (secondary N) is 2. The summed E-state index contributed by atoms with van der Waals surface area (Å²) in [6.07, 6.45) is 3.51. The lowest BCUT2D eigenvalue weighted by molar-refractivity contribution is 0.0697.